The lowest BCUT2D eigenvalue weighted by atomic mass is 9.69. The molecule has 1 saturated carbocycles. The Morgan fingerprint density at radius 2 is 1.68 bits per heavy atom. The predicted molar refractivity (Wildman–Crippen MR) is 163 cm³/mol. The van der Waals surface area contributed by atoms with Crippen LogP contribution < -0.4 is 5.32 Å². The molecule has 0 radical (unpaired) electrons. The van der Waals surface area contributed by atoms with Crippen molar-refractivity contribution in [2.24, 2.45) is 5.92 Å². The zero-order valence-corrected chi connectivity index (χ0v) is 23.5. The molecule has 4 heteroatoms. The van der Waals surface area contributed by atoms with Gasteiger partial charge in [-0.15, -0.1) is 12.8 Å². The number of likely N-dealkylation sites (tertiary alicyclic amines) is 1. The van der Waals surface area contributed by atoms with Crippen molar-refractivity contribution in [1.82, 2.24) is 4.90 Å². The van der Waals surface area contributed by atoms with Gasteiger partial charge >= 0.3 is 0 Å². The summed E-state index contributed by atoms with van der Waals surface area (Å²) in [5, 5.41) is 3.35. The molecule has 0 spiro atoms. The number of aryl methyl sites for hydroxylation is 2. The van der Waals surface area contributed by atoms with Gasteiger partial charge in [0.25, 0.3) is 0 Å². The van der Waals surface area contributed by atoms with Gasteiger partial charge in [-0.3, -0.25) is 0 Å². The highest BCUT2D eigenvalue weighted by atomic mass is 32.1. The monoisotopic (exact) mass is 526 g/mol. The minimum atomic E-state index is -0.183. The molecule has 0 aromatic heterocycles. The van der Waals surface area contributed by atoms with E-state index in [0.717, 1.165) is 42.5 Å². The summed E-state index contributed by atoms with van der Waals surface area (Å²) in [7, 11) is 0. The van der Waals surface area contributed by atoms with Crippen LogP contribution in [0.4, 0.5) is 10.1 Å². The summed E-state index contributed by atoms with van der Waals surface area (Å²) in [6.45, 7) is 7.52. The maximum Gasteiger partial charge on any atom is 0.126 e. The number of hydrogen-bond donors (Lipinski definition) is 1. The Labute approximate surface area is 233 Å². The van der Waals surface area contributed by atoms with E-state index in [-0.39, 0.29) is 11.2 Å². The highest BCUT2D eigenvalue weighted by Gasteiger charge is 2.37. The second-order valence-electron chi connectivity index (χ2n) is 11.0. The van der Waals surface area contributed by atoms with Crippen LogP contribution in [0.1, 0.15) is 55.2 Å². The van der Waals surface area contributed by atoms with E-state index in [9.17, 15) is 4.39 Å². The lowest BCUT2D eigenvalue weighted by Gasteiger charge is -2.43. The summed E-state index contributed by atoms with van der Waals surface area (Å²) in [5.74, 6) is 0.750. The van der Waals surface area contributed by atoms with Gasteiger partial charge in [-0.2, -0.15) is 0 Å². The summed E-state index contributed by atoms with van der Waals surface area (Å²) in [6, 6.07) is 23.1. The molecule has 0 unspecified atom stereocenters. The van der Waals surface area contributed by atoms with Crippen LogP contribution in [0.25, 0.3) is 11.1 Å². The molecule has 3 aromatic carbocycles. The first-order valence-corrected chi connectivity index (χ1v) is 14.1. The van der Waals surface area contributed by atoms with E-state index in [1.54, 1.807) is 13.0 Å². The molecule has 1 saturated heterocycles. The molecule has 5 rings (SSSR count). The van der Waals surface area contributed by atoms with E-state index in [1.807, 2.05) is 6.07 Å². The van der Waals surface area contributed by atoms with Gasteiger partial charge in [0.2, 0.25) is 0 Å². The lowest BCUT2D eigenvalue weighted by Crippen LogP contribution is -2.43. The number of hydrogen-bond acceptors (Lipinski definition) is 2. The summed E-state index contributed by atoms with van der Waals surface area (Å²) in [6.07, 6.45) is 15.0. The molecule has 2 aliphatic rings. The normalized spacial score (nSPS) is 16.8. The number of benzene rings is 3. The molecule has 1 aliphatic heterocycles. The van der Waals surface area contributed by atoms with Crippen LogP contribution in [0.2, 0.25) is 0 Å². The molecule has 0 amide bonds. The molecule has 0 bridgehead atoms. The Morgan fingerprint density at radius 1 is 0.974 bits per heavy atom. The van der Waals surface area contributed by atoms with Crippen molar-refractivity contribution >= 4 is 22.9 Å². The second-order valence-corrected chi connectivity index (χ2v) is 11.5. The number of terminal acetylenes is 1. The number of rotatable bonds is 8. The minimum Gasteiger partial charge on any atom is -0.350 e. The summed E-state index contributed by atoms with van der Waals surface area (Å²) in [5.41, 5.74) is 6.90. The molecular formula is C34H39FN2S. The largest absolute Gasteiger partial charge is 0.350 e. The van der Waals surface area contributed by atoms with Crippen molar-refractivity contribution in [3.05, 3.63) is 89.2 Å². The maximum absolute atomic E-state index is 13.7. The van der Waals surface area contributed by atoms with Gasteiger partial charge in [0, 0.05) is 12.2 Å². The molecule has 2 fully saturated rings. The Balaban J connectivity index is 0.00000164. The number of anilines is 1. The number of nitrogens with zero attached hydrogens (tertiary/aromatic N) is 1. The van der Waals surface area contributed by atoms with Crippen molar-refractivity contribution in [2.75, 3.05) is 25.0 Å². The first kappa shape index (κ1) is 28.0. The number of thiocarbonyl (C=S) groups is 1. The van der Waals surface area contributed by atoms with E-state index in [0.29, 0.717) is 5.56 Å². The molecule has 0 atom stereocenters. The third-order valence-corrected chi connectivity index (χ3v) is 8.45. The van der Waals surface area contributed by atoms with Gasteiger partial charge in [0.15, 0.2) is 0 Å². The Bertz CT molecular complexity index is 1250. The lowest BCUT2D eigenvalue weighted by molar-refractivity contribution is 0.148. The number of piperidine rings is 1. The van der Waals surface area contributed by atoms with E-state index < -0.39 is 0 Å². The van der Waals surface area contributed by atoms with Crippen LogP contribution in [-0.4, -0.2) is 29.5 Å². The fraction of sp³-hybridized carbons (Fsp3) is 0.382. The number of halogens is 1. The maximum atomic E-state index is 13.7. The standard InChI is InChI=1S/C32H37FN2S.C2H2/c1-23-4-3-5-27(20-23)26-8-10-28(11-9-26)32(16-18-35(19-17-32)22-25-6-7-25)15-14-31(36)34-29-12-13-30(33)24(2)21-29;1-2/h3-5,8-13,20-21,25H,6-7,14-19,22H2,1-2H3,(H,34,36);1-2H. The van der Waals surface area contributed by atoms with Crippen LogP contribution in [0.5, 0.6) is 0 Å². The third kappa shape index (κ3) is 7.10. The molecule has 1 aliphatic carbocycles. The highest BCUT2D eigenvalue weighted by molar-refractivity contribution is 7.80. The smallest absolute Gasteiger partial charge is 0.126 e. The van der Waals surface area contributed by atoms with E-state index in [2.05, 4.69) is 78.5 Å². The van der Waals surface area contributed by atoms with Crippen LogP contribution >= 0.6 is 12.2 Å². The molecular weight excluding hydrogens is 487 g/mol. The predicted octanol–water partition coefficient (Wildman–Crippen LogP) is 8.32. The second kappa shape index (κ2) is 12.7. The molecule has 38 heavy (non-hydrogen) atoms. The molecule has 1 heterocycles. The minimum absolute atomic E-state index is 0.135. The fourth-order valence-corrected chi connectivity index (χ4v) is 5.87. The average molecular weight is 527 g/mol. The topological polar surface area (TPSA) is 15.3 Å². The summed E-state index contributed by atoms with van der Waals surface area (Å²) in [4.78, 5) is 3.51. The first-order chi connectivity index (χ1) is 18.4. The van der Waals surface area contributed by atoms with Crippen LogP contribution in [0, 0.1) is 38.4 Å². The highest BCUT2D eigenvalue weighted by Crippen LogP contribution is 2.42. The van der Waals surface area contributed by atoms with E-state index in [1.165, 1.54) is 60.5 Å². The first-order valence-electron chi connectivity index (χ1n) is 13.7. The molecule has 3 aromatic rings. The number of nitrogens with one attached hydrogen (secondary N) is 1. The Morgan fingerprint density at radius 3 is 2.32 bits per heavy atom. The van der Waals surface area contributed by atoms with Gasteiger partial charge in [-0.25, -0.2) is 4.39 Å². The third-order valence-electron chi connectivity index (χ3n) is 8.15. The van der Waals surface area contributed by atoms with Gasteiger partial charge in [0.05, 0.1) is 4.99 Å². The van der Waals surface area contributed by atoms with Gasteiger partial charge < -0.3 is 10.2 Å². The molecule has 198 valence electrons. The van der Waals surface area contributed by atoms with Gasteiger partial charge in [0.1, 0.15) is 5.82 Å². The molecule has 1 N–H and O–H groups in total. The van der Waals surface area contributed by atoms with Crippen molar-refractivity contribution in [3.63, 3.8) is 0 Å². The van der Waals surface area contributed by atoms with Crippen LogP contribution in [0.3, 0.4) is 0 Å². The molecule has 2 nitrogen and oxygen atoms in total. The zero-order chi connectivity index (χ0) is 27.1. The fourth-order valence-electron chi connectivity index (χ4n) is 5.65. The van der Waals surface area contributed by atoms with Crippen LogP contribution in [-0.2, 0) is 5.41 Å². The zero-order valence-electron chi connectivity index (χ0n) is 22.7. The van der Waals surface area contributed by atoms with E-state index >= 15 is 0 Å². The Hall–Kier alpha value is -3.00. The van der Waals surface area contributed by atoms with Gasteiger partial charge in [-0.05, 0) is 117 Å². The van der Waals surface area contributed by atoms with Gasteiger partial charge in [-0.1, -0.05) is 66.3 Å². The quantitative estimate of drug-likeness (QED) is 0.235. The summed E-state index contributed by atoms with van der Waals surface area (Å²) < 4.78 is 13.7. The summed E-state index contributed by atoms with van der Waals surface area (Å²) >= 11 is 5.75. The van der Waals surface area contributed by atoms with E-state index in [4.69, 9.17) is 12.2 Å². The SMILES string of the molecule is C#C.Cc1cccc(-c2ccc(C3(CCC(=S)Nc4ccc(F)c(C)c4)CCN(CC4CC4)CC3)cc2)c1. The van der Waals surface area contributed by atoms with Crippen molar-refractivity contribution in [3.8, 4) is 24.0 Å². The van der Waals surface area contributed by atoms with Crippen molar-refractivity contribution < 1.29 is 4.39 Å². The average Bonchev–Trinajstić information content (AvgIpc) is 3.76. The van der Waals surface area contributed by atoms with Crippen molar-refractivity contribution in [2.45, 2.75) is 57.8 Å². The van der Waals surface area contributed by atoms with Crippen molar-refractivity contribution in [1.29, 1.82) is 0 Å². The van der Waals surface area contributed by atoms with Crippen LogP contribution in [0.15, 0.2) is 66.7 Å². The Kier molecular flexibility index (Phi) is 9.36.